The summed E-state index contributed by atoms with van der Waals surface area (Å²) < 4.78 is 42.6. The number of carboxylic acid groups (broad SMARTS) is 1. The average molecular weight is 395 g/mol. The Labute approximate surface area is 157 Å². The van der Waals surface area contributed by atoms with Crippen molar-refractivity contribution in [3.05, 3.63) is 42.5 Å². The summed E-state index contributed by atoms with van der Waals surface area (Å²) in [4.78, 5) is 11.3. The van der Waals surface area contributed by atoms with Gasteiger partial charge in [0.15, 0.2) is 0 Å². The highest BCUT2D eigenvalue weighted by atomic mass is 32.2. The molecule has 8 nitrogen and oxygen atoms in total. The van der Waals surface area contributed by atoms with Gasteiger partial charge in [0.1, 0.15) is 23.8 Å². The van der Waals surface area contributed by atoms with Crippen molar-refractivity contribution in [1.29, 1.82) is 0 Å². The number of rotatable bonds is 9. The molecule has 2 aromatic rings. The first kappa shape index (κ1) is 20.4. The molecule has 2 aromatic carbocycles. The van der Waals surface area contributed by atoms with Crippen molar-refractivity contribution in [3.63, 3.8) is 0 Å². The Morgan fingerprint density at radius 2 is 1.67 bits per heavy atom. The quantitative estimate of drug-likeness (QED) is 0.695. The van der Waals surface area contributed by atoms with E-state index in [2.05, 4.69) is 0 Å². The van der Waals surface area contributed by atoms with Gasteiger partial charge in [-0.25, -0.2) is 8.42 Å². The van der Waals surface area contributed by atoms with Gasteiger partial charge in [-0.05, 0) is 43.3 Å². The molecule has 0 radical (unpaired) electrons. The molecule has 0 bridgehead atoms. The number of nitrogens with zero attached hydrogens (tertiary/aromatic N) is 1. The van der Waals surface area contributed by atoms with Crippen molar-refractivity contribution in [2.24, 2.45) is 0 Å². The molecule has 0 atom stereocenters. The van der Waals surface area contributed by atoms with Crippen LogP contribution in [0.4, 0.5) is 5.69 Å². The number of hydrogen-bond acceptors (Lipinski definition) is 6. The number of ether oxygens (including phenoxy) is 3. The number of anilines is 1. The van der Waals surface area contributed by atoms with Crippen LogP contribution in [-0.4, -0.2) is 46.9 Å². The van der Waals surface area contributed by atoms with Crippen LogP contribution in [0.2, 0.25) is 0 Å². The number of benzene rings is 2. The smallest absolute Gasteiger partial charge is 0.324 e. The monoisotopic (exact) mass is 395 g/mol. The van der Waals surface area contributed by atoms with E-state index < -0.39 is 22.5 Å². The van der Waals surface area contributed by atoms with E-state index >= 15 is 0 Å². The lowest BCUT2D eigenvalue weighted by molar-refractivity contribution is -0.135. The Morgan fingerprint density at radius 1 is 1.04 bits per heavy atom. The molecule has 27 heavy (non-hydrogen) atoms. The number of sulfonamides is 1. The Kier molecular flexibility index (Phi) is 6.51. The van der Waals surface area contributed by atoms with Gasteiger partial charge in [-0.15, -0.1) is 0 Å². The molecule has 0 unspecified atom stereocenters. The molecule has 1 N–H and O–H groups in total. The van der Waals surface area contributed by atoms with Crippen LogP contribution < -0.4 is 18.5 Å². The van der Waals surface area contributed by atoms with Gasteiger partial charge in [0.2, 0.25) is 0 Å². The fourth-order valence-electron chi connectivity index (χ4n) is 2.42. The molecule has 0 spiro atoms. The normalized spacial score (nSPS) is 10.9. The first-order valence-corrected chi connectivity index (χ1v) is 9.47. The molecular formula is C18H21NO7S. The van der Waals surface area contributed by atoms with Crippen molar-refractivity contribution in [3.8, 4) is 17.2 Å². The van der Waals surface area contributed by atoms with Crippen LogP contribution in [0.3, 0.4) is 0 Å². The number of carbonyl (C=O) groups is 1. The van der Waals surface area contributed by atoms with E-state index in [1.54, 1.807) is 0 Å². The van der Waals surface area contributed by atoms with Gasteiger partial charge in [-0.3, -0.25) is 9.10 Å². The molecule has 9 heteroatoms. The first-order valence-electron chi connectivity index (χ1n) is 8.03. The highest BCUT2D eigenvalue weighted by molar-refractivity contribution is 7.92. The Bertz CT molecular complexity index is 894. The molecule has 0 aromatic heterocycles. The fourth-order valence-corrected chi connectivity index (χ4v) is 3.84. The molecule has 0 aliphatic carbocycles. The second-order valence-electron chi connectivity index (χ2n) is 5.35. The molecule has 0 aliphatic rings. The highest BCUT2D eigenvalue weighted by Gasteiger charge is 2.29. The van der Waals surface area contributed by atoms with E-state index in [0.29, 0.717) is 18.1 Å². The molecule has 146 valence electrons. The summed E-state index contributed by atoms with van der Waals surface area (Å²) in [5, 5.41) is 9.24. The largest absolute Gasteiger partial charge is 0.497 e. The van der Waals surface area contributed by atoms with Gasteiger partial charge in [-0.1, -0.05) is 0 Å². The standard InChI is InChI=1S/C18H21NO7S/c1-4-26-13-5-8-15(9-6-13)27(22,23)19(12-18(20)21)16-10-7-14(24-2)11-17(16)25-3/h5-11H,4,12H2,1-3H3,(H,20,21). The minimum absolute atomic E-state index is 0.0647. The van der Waals surface area contributed by atoms with Crippen molar-refractivity contribution in [2.75, 3.05) is 31.7 Å². The molecule has 0 saturated heterocycles. The van der Waals surface area contributed by atoms with E-state index in [1.165, 1.54) is 56.7 Å². The number of methoxy groups -OCH3 is 2. The van der Waals surface area contributed by atoms with E-state index in [9.17, 15) is 18.3 Å². The third-order valence-electron chi connectivity index (χ3n) is 3.66. The van der Waals surface area contributed by atoms with Gasteiger partial charge >= 0.3 is 5.97 Å². The molecular weight excluding hydrogens is 374 g/mol. The SMILES string of the molecule is CCOc1ccc(S(=O)(=O)N(CC(=O)O)c2ccc(OC)cc2OC)cc1. The van der Waals surface area contributed by atoms with Gasteiger partial charge < -0.3 is 19.3 Å². The topological polar surface area (TPSA) is 102 Å². The molecule has 0 aliphatic heterocycles. The van der Waals surface area contributed by atoms with Gasteiger partial charge in [0, 0.05) is 6.07 Å². The summed E-state index contributed by atoms with van der Waals surface area (Å²) in [5.41, 5.74) is 0.0922. The summed E-state index contributed by atoms with van der Waals surface area (Å²) in [6.07, 6.45) is 0. The Hall–Kier alpha value is -2.94. The fraction of sp³-hybridized carbons (Fsp3) is 0.278. The number of aliphatic carboxylic acids is 1. The first-order chi connectivity index (χ1) is 12.8. The average Bonchev–Trinajstić information content (AvgIpc) is 2.66. The predicted molar refractivity (Wildman–Crippen MR) is 99.3 cm³/mol. The van der Waals surface area contributed by atoms with Crippen LogP contribution >= 0.6 is 0 Å². The highest BCUT2D eigenvalue weighted by Crippen LogP contribution is 2.35. The zero-order chi connectivity index (χ0) is 20.0. The molecule has 0 fully saturated rings. The van der Waals surface area contributed by atoms with Gasteiger partial charge in [0.25, 0.3) is 10.0 Å². The van der Waals surface area contributed by atoms with Crippen molar-refractivity contribution >= 4 is 21.7 Å². The Morgan fingerprint density at radius 3 is 2.19 bits per heavy atom. The maximum absolute atomic E-state index is 13.1. The summed E-state index contributed by atoms with van der Waals surface area (Å²) in [6, 6.07) is 10.2. The van der Waals surface area contributed by atoms with Crippen LogP contribution in [0.1, 0.15) is 6.92 Å². The summed E-state index contributed by atoms with van der Waals surface area (Å²) >= 11 is 0. The maximum Gasteiger partial charge on any atom is 0.324 e. The molecule has 0 heterocycles. The van der Waals surface area contributed by atoms with E-state index in [4.69, 9.17) is 14.2 Å². The van der Waals surface area contributed by atoms with Crippen molar-refractivity contribution in [1.82, 2.24) is 0 Å². The lowest BCUT2D eigenvalue weighted by atomic mass is 10.2. The van der Waals surface area contributed by atoms with E-state index in [1.807, 2.05) is 6.92 Å². The lowest BCUT2D eigenvalue weighted by Crippen LogP contribution is -2.36. The van der Waals surface area contributed by atoms with E-state index in [0.717, 1.165) is 4.31 Å². The van der Waals surface area contributed by atoms with E-state index in [-0.39, 0.29) is 16.3 Å². The maximum atomic E-state index is 13.1. The van der Waals surface area contributed by atoms with Crippen LogP contribution in [0, 0.1) is 0 Å². The van der Waals surface area contributed by atoms with Crippen LogP contribution in [-0.2, 0) is 14.8 Å². The second kappa shape index (κ2) is 8.63. The van der Waals surface area contributed by atoms with Gasteiger partial charge in [0.05, 0.1) is 31.4 Å². The number of hydrogen-bond donors (Lipinski definition) is 1. The second-order valence-corrected chi connectivity index (χ2v) is 7.21. The summed E-state index contributed by atoms with van der Waals surface area (Å²) in [7, 11) is -1.34. The van der Waals surface area contributed by atoms with Crippen molar-refractivity contribution < 1.29 is 32.5 Å². The van der Waals surface area contributed by atoms with Crippen molar-refractivity contribution in [2.45, 2.75) is 11.8 Å². The molecule has 0 amide bonds. The van der Waals surface area contributed by atoms with Crippen LogP contribution in [0.25, 0.3) is 0 Å². The van der Waals surface area contributed by atoms with Crippen LogP contribution in [0.5, 0.6) is 17.2 Å². The van der Waals surface area contributed by atoms with Crippen LogP contribution in [0.15, 0.2) is 47.4 Å². The summed E-state index contributed by atoms with van der Waals surface area (Å²) in [5.74, 6) is -0.167. The zero-order valence-corrected chi connectivity index (χ0v) is 16.0. The third-order valence-corrected chi connectivity index (χ3v) is 5.43. The molecule has 0 saturated carbocycles. The molecule has 2 rings (SSSR count). The summed E-state index contributed by atoms with van der Waals surface area (Å²) in [6.45, 7) is 1.49. The Balaban J connectivity index is 2.53. The minimum Gasteiger partial charge on any atom is -0.497 e. The lowest BCUT2D eigenvalue weighted by Gasteiger charge is -2.24. The predicted octanol–water partition coefficient (Wildman–Crippen LogP) is 2.38. The zero-order valence-electron chi connectivity index (χ0n) is 15.2. The van der Waals surface area contributed by atoms with Gasteiger partial charge in [-0.2, -0.15) is 0 Å². The number of carboxylic acids is 1. The minimum atomic E-state index is -4.16. The third kappa shape index (κ3) is 4.62.